The molecule has 28 heavy (non-hydrogen) atoms. The van der Waals surface area contributed by atoms with Crippen LogP contribution in [-0.2, 0) is 6.54 Å². The molecule has 3 heterocycles. The highest BCUT2D eigenvalue weighted by Gasteiger charge is 2.38. The largest absolute Gasteiger partial charge is 0.461 e. The van der Waals surface area contributed by atoms with E-state index in [4.69, 9.17) is 9.41 Å². The standard InChI is InChI=1S/C19H28N6OS.HI/c1-2-20-18(25-10-12-27-19(14-25)8-4-3-5-9-19)21-13-16-22-17(24-23-16)15-7-6-11-26-15;/h6-7,11H,2-5,8-10,12-14H2,1H3,(H,20,21)(H,22,23,24);1H. The molecule has 2 fully saturated rings. The third kappa shape index (κ3) is 5.03. The Morgan fingerprint density at radius 1 is 1.39 bits per heavy atom. The first kappa shape index (κ1) is 21.5. The van der Waals surface area contributed by atoms with Crippen molar-refractivity contribution in [1.29, 1.82) is 0 Å². The summed E-state index contributed by atoms with van der Waals surface area (Å²) in [5, 5.41) is 10.7. The molecule has 1 aliphatic carbocycles. The second kappa shape index (κ2) is 10.00. The predicted octanol–water partition coefficient (Wildman–Crippen LogP) is 3.90. The molecule has 0 atom stereocenters. The quantitative estimate of drug-likeness (QED) is 0.365. The molecule has 0 amide bonds. The number of aliphatic imine (C=N–C) groups is 1. The average molecular weight is 516 g/mol. The summed E-state index contributed by atoms with van der Waals surface area (Å²) in [4.78, 5) is 11.8. The van der Waals surface area contributed by atoms with Gasteiger partial charge in [-0.3, -0.25) is 5.10 Å². The van der Waals surface area contributed by atoms with Gasteiger partial charge in [-0.1, -0.05) is 19.3 Å². The molecule has 2 aromatic rings. The molecule has 4 rings (SSSR count). The fourth-order valence-electron chi connectivity index (χ4n) is 3.98. The van der Waals surface area contributed by atoms with Crippen molar-refractivity contribution in [2.75, 3.05) is 25.4 Å². The lowest BCUT2D eigenvalue weighted by molar-refractivity contribution is 0.293. The summed E-state index contributed by atoms with van der Waals surface area (Å²) in [6.07, 6.45) is 8.41. The number of hydrogen-bond donors (Lipinski definition) is 2. The Balaban J connectivity index is 0.00000225. The highest BCUT2D eigenvalue weighted by atomic mass is 127. The molecular weight excluding hydrogens is 487 g/mol. The number of nitrogens with zero attached hydrogens (tertiary/aromatic N) is 4. The molecule has 2 aromatic heterocycles. The maximum absolute atomic E-state index is 5.35. The second-order valence-electron chi connectivity index (χ2n) is 7.27. The van der Waals surface area contributed by atoms with Gasteiger partial charge in [0, 0.05) is 30.1 Å². The molecule has 2 aliphatic rings. The molecule has 0 unspecified atom stereocenters. The van der Waals surface area contributed by atoms with E-state index in [0.29, 0.717) is 22.9 Å². The fraction of sp³-hybridized carbons (Fsp3) is 0.632. The number of hydrogen-bond acceptors (Lipinski definition) is 5. The number of thioether (sulfide) groups is 1. The van der Waals surface area contributed by atoms with Crippen molar-refractivity contribution < 1.29 is 4.42 Å². The lowest BCUT2D eigenvalue weighted by Crippen LogP contribution is -2.53. The third-order valence-corrected chi connectivity index (χ3v) is 6.84. The minimum absolute atomic E-state index is 0. The van der Waals surface area contributed by atoms with Crippen molar-refractivity contribution >= 4 is 41.7 Å². The molecule has 2 N–H and O–H groups in total. The van der Waals surface area contributed by atoms with Gasteiger partial charge in [-0.05, 0) is 31.9 Å². The third-order valence-electron chi connectivity index (χ3n) is 5.30. The van der Waals surface area contributed by atoms with Crippen LogP contribution in [0.3, 0.4) is 0 Å². The average Bonchev–Trinajstić information content (AvgIpc) is 3.37. The summed E-state index contributed by atoms with van der Waals surface area (Å²) in [6, 6.07) is 3.69. The number of furan rings is 1. The number of rotatable bonds is 4. The van der Waals surface area contributed by atoms with Crippen LogP contribution in [0.4, 0.5) is 0 Å². The zero-order valence-corrected chi connectivity index (χ0v) is 19.5. The Hall–Kier alpha value is -1.23. The fourth-order valence-corrected chi connectivity index (χ4v) is 5.55. The Labute approximate surface area is 187 Å². The van der Waals surface area contributed by atoms with Crippen molar-refractivity contribution in [1.82, 2.24) is 25.4 Å². The highest BCUT2D eigenvalue weighted by Crippen LogP contribution is 2.42. The number of halogens is 1. The van der Waals surface area contributed by atoms with E-state index in [1.54, 1.807) is 6.26 Å². The van der Waals surface area contributed by atoms with E-state index < -0.39 is 0 Å². The lowest BCUT2D eigenvalue weighted by Gasteiger charge is -2.45. The maximum Gasteiger partial charge on any atom is 0.216 e. The van der Waals surface area contributed by atoms with Gasteiger partial charge in [0.05, 0.1) is 6.26 Å². The maximum atomic E-state index is 5.35. The van der Waals surface area contributed by atoms with Crippen molar-refractivity contribution in [2.24, 2.45) is 4.99 Å². The van der Waals surface area contributed by atoms with E-state index in [1.807, 2.05) is 12.1 Å². The van der Waals surface area contributed by atoms with Crippen molar-refractivity contribution in [3.05, 3.63) is 24.2 Å². The van der Waals surface area contributed by atoms with Gasteiger partial charge in [-0.25, -0.2) is 9.98 Å². The van der Waals surface area contributed by atoms with Crippen molar-refractivity contribution in [3.8, 4) is 11.6 Å². The highest BCUT2D eigenvalue weighted by molar-refractivity contribution is 14.0. The molecule has 9 heteroatoms. The van der Waals surface area contributed by atoms with E-state index >= 15 is 0 Å². The SMILES string of the molecule is CCNC(=NCc1nc(-c2ccco2)n[nH]1)N1CCSC2(CCCCC2)C1.I. The summed E-state index contributed by atoms with van der Waals surface area (Å²) in [7, 11) is 0. The second-order valence-corrected chi connectivity index (χ2v) is 8.83. The number of H-pyrrole nitrogens is 1. The van der Waals surface area contributed by atoms with E-state index in [0.717, 1.165) is 31.4 Å². The monoisotopic (exact) mass is 516 g/mol. The number of aromatic amines is 1. The smallest absolute Gasteiger partial charge is 0.216 e. The van der Waals surface area contributed by atoms with Crippen LogP contribution in [0.5, 0.6) is 0 Å². The van der Waals surface area contributed by atoms with Crippen LogP contribution >= 0.6 is 35.7 Å². The molecule has 154 valence electrons. The minimum atomic E-state index is 0. The van der Waals surface area contributed by atoms with Crippen LogP contribution in [0, 0.1) is 0 Å². The summed E-state index contributed by atoms with van der Waals surface area (Å²) in [6.45, 7) is 5.61. The molecule has 1 saturated heterocycles. The van der Waals surface area contributed by atoms with Crippen molar-refractivity contribution in [3.63, 3.8) is 0 Å². The van der Waals surface area contributed by atoms with Crippen LogP contribution in [0.15, 0.2) is 27.8 Å². The van der Waals surface area contributed by atoms with Crippen LogP contribution in [-0.4, -0.2) is 56.2 Å². The summed E-state index contributed by atoms with van der Waals surface area (Å²) >= 11 is 2.18. The van der Waals surface area contributed by atoms with Crippen LogP contribution < -0.4 is 5.32 Å². The molecule has 0 bridgehead atoms. The minimum Gasteiger partial charge on any atom is -0.461 e. The topological polar surface area (TPSA) is 82.3 Å². The van der Waals surface area contributed by atoms with Gasteiger partial charge in [0.25, 0.3) is 0 Å². The van der Waals surface area contributed by atoms with Crippen LogP contribution in [0.1, 0.15) is 44.9 Å². The predicted molar refractivity (Wildman–Crippen MR) is 124 cm³/mol. The number of nitrogens with one attached hydrogen (secondary N) is 2. The van der Waals surface area contributed by atoms with Gasteiger partial charge in [0.2, 0.25) is 5.82 Å². The first-order valence-corrected chi connectivity index (χ1v) is 10.9. The Morgan fingerprint density at radius 2 is 2.25 bits per heavy atom. The Kier molecular flexibility index (Phi) is 7.67. The van der Waals surface area contributed by atoms with E-state index in [2.05, 4.69) is 44.1 Å². The van der Waals surface area contributed by atoms with Gasteiger partial charge in [-0.15, -0.1) is 29.1 Å². The first-order valence-electron chi connectivity index (χ1n) is 9.90. The van der Waals surface area contributed by atoms with Gasteiger partial charge < -0.3 is 14.6 Å². The molecule has 7 nitrogen and oxygen atoms in total. The van der Waals surface area contributed by atoms with E-state index in [1.165, 1.54) is 37.9 Å². The molecule has 1 saturated carbocycles. The first-order chi connectivity index (χ1) is 13.3. The lowest BCUT2D eigenvalue weighted by atomic mass is 9.87. The zero-order valence-electron chi connectivity index (χ0n) is 16.3. The Morgan fingerprint density at radius 3 is 3.00 bits per heavy atom. The number of guanidine groups is 1. The van der Waals surface area contributed by atoms with Gasteiger partial charge in [0.1, 0.15) is 12.4 Å². The van der Waals surface area contributed by atoms with Crippen LogP contribution in [0.25, 0.3) is 11.6 Å². The normalized spacial score (nSPS) is 19.5. The molecular formula is C19H29IN6OS. The molecule has 1 spiro atoms. The Bertz CT molecular complexity index is 751. The number of aromatic nitrogens is 3. The summed E-state index contributed by atoms with van der Waals surface area (Å²) < 4.78 is 5.77. The van der Waals surface area contributed by atoms with Gasteiger partial charge in [-0.2, -0.15) is 11.8 Å². The summed E-state index contributed by atoms with van der Waals surface area (Å²) in [5.41, 5.74) is 0. The molecule has 0 aromatic carbocycles. The van der Waals surface area contributed by atoms with Crippen molar-refractivity contribution in [2.45, 2.75) is 50.3 Å². The molecule has 1 aliphatic heterocycles. The zero-order chi connectivity index (χ0) is 18.5. The van der Waals surface area contributed by atoms with E-state index in [-0.39, 0.29) is 24.0 Å². The van der Waals surface area contributed by atoms with E-state index in [9.17, 15) is 0 Å². The summed E-state index contributed by atoms with van der Waals surface area (Å²) in [5.74, 6) is 4.15. The van der Waals surface area contributed by atoms with Gasteiger partial charge in [0.15, 0.2) is 11.7 Å². The van der Waals surface area contributed by atoms with Crippen LogP contribution in [0.2, 0.25) is 0 Å². The van der Waals surface area contributed by atoms with Gasteiger partial charge >= 0.3 is 0 Å². The molecule has 0 radical (unpaired) electrons.